The molecule has 0 unspecified atom stereocenters. The number of ether oxygens (including phenoxy) is 2. The molecular weight excluding hydrogens is 304 g/mol. The van der Waals surface area contributed by atoms with Crippen molar-refractivity contribution in [2.45, 2.75) is 25.9 Å². The molecule has 1 aliphatic heterocycles. The first-order chi connectivity index (χ1) is 11.8. The molecule has 126 valence electrons. The van der Waals surface area contributed by atoms with Crippen LogP contribution in [-0.2, 0) is 0 Å². The second-order valence-corrected chi connectivity index (χ2v) is 5.78. The molecule has 0 N–H and O–H groups in total. The highest BCUT2D eigenvalue weighted by molar-refractivity contribution is 5.74. The van der Waals surface area contributed by atoms with Crippen molar-refractivity contribution in [2.75, 3.05) is 24.6 Å². The van der Waals surface area contributed by atoms with E-state index in [1.54, 1.807) is 12.3 Å². The van der Waals surface area contributed by atoms with E-state index in [4.69, 9.17) is 9.47 Å². The summed E-state index contributed by atoms with van der Waals surface area (Å²) in [7, 11) is 0. The zero-order chi connectivity index (χ0) is 16.8. The number of carbonyl (C=O) groups excluding carboxylic acids is 1. The van der Waals surface area contributed by atoms with Crippen LogP contribution in [0.2, 0.25) is 0 Å². The summed E-state index contributed by atoms with van der Waals surface area (Å²) in [5.74, 6) is 2.45. The number of carbonyl (C=O) groups is 1. The minimum atomic E-state index is 0.0907. The molecule has 0 radical (unpaired) electrons. The van der Waals surface area contributed by atoms with Gasteiger partial charge in [0, 0.05) is 18.3 Å². The van der Waals surface area contributed by atoms with Gasteiger partial charge in [0.05, 0.1) is 13.2 Å². The number of anilines is 1. The van der Waals surface area contributed by atoms with Gasteiger partial charge in [0.25, 0.3) is 0 Å². The zero-order valence-electron chi connectivity index (χ0n) is 13.9. The molecule has 1 atom stereocenters. The number of aldehydes is 1. The normalized spacial score (nSPS) is 17.4. The van der Waals surface area contributed by atoms with Crippen molar-refractivity contribution in [3.05, 3.63) is 48.2 Å². The van der Waals surface area contributed by atoms with Gasteiger partial charge < -0.3 is 14.4 Å². The van der Waals surface area contributed by atoms with E-state index in [0.717, 1.165) is 49.5 Å². The fraction of sp³-hybridized carbons (Fsp3) is 0.368. The molecule has 2 heterocycles. The van der Waals surface area contributed by atoms with Gasteiger partial charge >= 0.3 is 0 Å². The van der Waals surface area contributed by atoms with Gasteiger partial charge in [-0.05, 0) is 44.0 Å². The predicted molar refractivity (Wildman–Crippen MR) is 93.1 cm³/mol. The Morgan fingerprint density at radius 2 is 2.08 bits per heavy atom. The van der Waals surface area contributed by atoms with Crippen LogP contribution in [0, 0.1) is 0 Å². The van der Waals surface area contributed by atoms with E-state index >= 15 is 0 Å². The van der Waals surface area contributed by atoms with Crippen molar-refractivity contribution in [1.29, 1.82) is 0 Å². The molecule has 2 aromatic rings. The van der Waals surface area contributed by atoms with Crippen molar-refractivity contribution >= 4 is 12.1 Å². The quantitative estimate of drug-likeness (QED) is 0.762. The predicted octanol–water partition coefficient (Wildman–Crippen LogP) is 3.34. The third-order valence-electron chi connectivity index (χ3n) is 4.05. The van der Waals surface area contributed by atoms with Crippen molar-refractivity contribution in [3.8, 4) is 11.5 Å². The minimum Gasteiger partial charge on any atom is -0.490 e. The van der Waals surface area contributed by atoms with Crippen LogP contribution in [0.5, 0.6) is 11.5 Å². The van der Waals surface area contributed by atoms with Crippen molar-refractivity contribution in [1.82, 2.24) is 4.98 Å². The number of piperidine rings is 1. The Morgan fingerprint density at radius 1 is 1.25 bits per heavy atom. The lowest BCUT2D eigenvalue weighted by molar-refractivity contribution is 0.112. The topological polar surface area (TPSA) is 51.7 Å². The molecule has 0 bridgehead atoms. The van der Waals surface area contributed by atoms with Gasteiger partial charge in [0.2, 0.25) is 0 Å². The lowest BCUT2D eigenvalue weighted by Crippen LogP contribution is -2.41. The molecule has 0 aliphatic carbocycles. The van der Waals surface area contributed by atoms with Crippen LogP contribution in [-0.4, -0.2) is 37.1 Å². The number of para-hydroxylation sites is 2. The molecule has 1 saturated heterocycles. The fourth-order valence-corrected chi connectivity index (χ4v) is 2.90. The fourth-order valence-electron chi connectivity index (χ4n) is 2.90. The Hall–Kier alpha value is -2.56. The molecule has 0 saturated carbocycles. The Kier molecular flexibility index (Phi) is 5.31. The van der Waals surface area contributed by atoms with E-state index in [1.165, 1.54) is 0 Å². The second-order valence-electron chi connectivity index (χ2n) is 5.78. The van der Waals surface area contributed by atoms with Gasteiger partial charge in [-0.1, -0.05) is 12.1 Å². The lowest BCUT2D eigenvalue weighted by atomic mass is 10.1. The molecule has 5 nitrogen and oxygen atoms in total. The number of pyridine rings is 1. The number of rotatable bonds is 6. The van der Waals surface area contributed by atoms with Gasteiger partial charge in [-0.15, -0.1) is 0 Å². The van der Waals surface area contributed by atoms with Gasteiger partial charge in [0.1, 0.15) is 11.9 Å². The zero-order valence-corrected chi connectivity index (χ0v) is 13.9. The molecule has 0 spiro atoms. The number of hydrogen-bond acceptors (Lipinski definition) is 5. The summed E-state index contributed by atoms with van der Waals surface area (Å²) in [4.78, 5) is 17.3. The van der Waals surface area contributed by atoms with E-state index in [1.807, 2.05) is 37.3 Å². The molecule has 1 aromatic heterocycles. The highest BCUT2D eigenvalue weighted by Gasteiger charge is 2.23. The van der Waals surface area contributed by atoms with Crippen molar-refractivity contribution in [3.63, 3.8) is 0 Å². The number of nitrogens with zero attached hydrogens (tertiary/aromatic N) is 2. The van der Waals surface area contributed by atoms with E-state index in [9.17, 15) is 4.79 Å². The van der Waals surface area contributed by atoms with Crippen molar-refractivity contribution < 1.29 is 14.3 Å². The van der Waals surface area contributed by atoms with Crippen LogP contribution >= 0.6 is 0 Å². The molecule has 3 rings (SSSR count). The first-order valence-electron chi connectivity index (χ1n) is 8.35. The number of aromatic nitrogens is 1. The second kappa shape index (κ2) is 7.81. The Balaban J connectivity index is 1.68. The van der Waals surface area contributed by atoms with Crippen LogP contribution < -0.4 is 14.4 Å². The molecule has 5 heteroatoms. The first kappa shape index (κ1) is 16.3. The highest BCUT2D eigenvalue weighted by Crippen LogP contribution is 2.29. The van der Waals surface area contributed by atoms with E-state index < -0.39 is 0 Å². The Labute approximate surface area is 142 Å². The van der Waals surface area contributed by atoms with Crippen LogP contribution in [0.3, 0.4) is 0 Å². The standard InChI is InChI=1S/C19H22N2O3/c1-2-23-17-7-3-4-8-18(17)24-16-6-5-11-21(13-16)19-10-9-15(14-22)12-20-19/h3-4,7-10,12,14,16H,2,5-6,11,13H2,1H3/t16-/m1/s1. The summed E-state index contributed by atoms with van der Waals surface area (Å²) in [5.41, 5.74) is 0.592. The van der Waals surface area contributed by atoms with E-state index in [2.05, 4.69) is 9.88 Å². The highest BCUT2D eigenvalue weighted by atomic mass is 16.5. The van der Waals surface area contributed by atoms with Crippen LogP contribution in [0.4, 0.5) is 5.82 Å². The Morgan fingerprint density at radius 3 is 2.79 bits per heavy atom. The largest absolute Gasteiger partial charge is 0.490 e. The van der Waals surface area contributed by atoms with Crippen LogP contribution in [0.1, 0.15) is 30.1 Å². The SMILES string of the molecule is CCOc1ccccc1O[C@@H]1CCCN(c2ccc(C=O)cn2)C1. The average molecular weight is 326 g/mol. The van der Waals surface area contributed by atoms with Gasteiger partial charge in [0.15, 0.2) is 17.8 Å². The summed E-state index contributed by atoms with van der Waals surface area (Å²) in [6.45, 7) is 4.30. The van der Waals surface area contributed by atoms with E-state index in [0.29, 0.717) is 12.2 Å². The summed E-state index contributed by atoms with van der Waals surface area (Å²) in [6, 6.07) is 11.5. The summed E-state index contributed by atoms with van der Waals surface area (Å²) < 4.78 is 11.8. The monoisotopic (exact) mass is 326 g/mol. The smallest absolute Gasteiger partial charge is 0.161 e. The maximum absolute atomic E-state index is 10.7. The summed E-state index contributed by atoms with van der Waals surface area (Å²) >= 11 is 0. The maximum Gasteiger partial charge on any atom is 0.161 e. The van der Waals surface area contributed by atoms with E-state index in [-0.39, 0.29) is 6.10 Å². The average Bonchev–Trinajstić information content (AvgIpc) is 2.64. The molecule has 1 aromatic carbocycles. The minimum absolute atomic E-state index is 0.0907. The summed E-state index contributed by atoms with van der Waals surface area (Å²) in [5, 5.41) is 0. The third kappa shape index (κ3) is 3.85. The molecular formula is C19H22N2O3. The lowest BCUT2D eigenvalue weighted by Gasteiger charge is -2.34. The van der Waals surface area contributed by atoms with Crippen LogP contribution in [0.25, 0.3) is 0 Å². The van der Waals surface area contributed by atoms with Gasteiger partial charge in [-0.3, -0.25) is 4.79 Å². The molecule has 0 amide bonds. The maximum atomic E-state index is 10.7. The number of hydrogen-bond donors (Lipinski definition) is 0. The molecule has 24 heavy (non-hydrogen) atoms. The molecule has 1 aliphatic rings. The third-order valence-corrected chi connectivity index (χ3v) is 4.05. The Bertz CT molecular complexity index is 673. The molecule has 1 fully saturated rings. The van der Waals surface area contributed by atoms with Crippen molar-refractivity contribution in [2.24, 2.45) is 0 Å². The van der Waals surface area contributed by atoms with Crippen LogP contribution in [0.15, 0.2) is 42.6 Å². The first-order valence-corrected chi connectivity index (χ1v) is 8.35. The number of benzene rings is 1. The summed E-state index contributed by atoms with van der Waals surface area (Å²) in [6.07, 6.45) is 4.55. The van der Waals surface area contributed by atoms with Gasteiger partial charge in [-0.2, -0.15) is 0 Å². The van der Waals surface area contributed by atoms with Gasteiger partial charge in [-0.25, -0.2) is 4.98 Å².